The first-order valence-electron chi connectivity index (χ1n) is 9.05. The van der Waals surface area contributed by atoms with Crippen molar-refractivity contribution in [2.45, 2.75) is 6.54 Å². The van der Waals surface area contributed by atoms with Gasteiger partial charge in [0.25, 0.3) is 5.91 Å². The average Bonchev–Trinajstić information content (AvgIpc) is 3.24. The number of aromatic amines is 1. The Hall–Kier alpha value is -2.63. The third kappa shape index (κ3) is 4.21. The second kappa shape index (κ2) is 7.94. The quantitative estimate of drug-likeness (QED) is 0.751. The topological polar surface area (TPSA) is 52.2 Å². The lowest BCUT2D eigenvalue weighted by Gasteiger charge is -2.34. The maximum Gasteiger partial charge on any atom is 0.253 e. The third-order valence-electron chi connectivity index (χ3n) is 4.92. The molecule has 0 radical (unpaired) electrons. The molecular weight excluding hydrogens is 360 g/mol. The van der Waals surface area contributed by atoms with Crippen LogP contribution in [0.5, 0.6) is 0 Å². The summed E-state index contributed by atoms with van der Waals surface area (Å²) in [5, 5.41) is 7.62. The van der Waals surface area contributed by atoms with E-state index in [0.717, 1.165) is 44.0 Å². The van der Waals surface area contributed by atoms with E-state index in [9.17, 15) is 4.79 Å². The predicted octanol–water partition coefficient (Wildman–Crippen LogP) is 3.69. The Morgan fingerprint density at radius 3 is 2.30 bits per heavy atom. The molecule has 2 aromatic carbocycles. The molecule has 0 unspecified atom stereocenters. The van der Waals surface area contributed by atoms with E-state index in [2.05, 4.69) is 39.4 Å². The van der Waals surface area contributed by atoms with Crippen molar-refractivity contribution in [1.29, 1.82) is 0 Å². The summed E-state index contributed by atoms with van der Waals surface area (Å²) in [4.78, 5) is 16.9. The van der Waals surface area contributed by atoms with E-state index in [1.54, 1.807) is 30.5 Å². The van der Waals surface area contributed by atoms with E-state index in [4.69, 9.17) is 11.6 Å². The van der Waals surface area contributed by atoms with Crippen LogP contribution in [-0.4, -0.2) is 52.1 Å². The van der Waals surface area contributed by atoms with Gasteiger partial charge in [0.1, 0.15) is 0 Å². The van der Waals surface area contributed by atoms with Gasteiger partial charge in [-0.2, -0.15) is 5.10 Å². The Labute approximate surface area is 163 Å². The molecule has 27 heavy (non-hydrogen) atoms. The number of aromatic nitrogens is 2. The first-order valence-corrected chi connectivity index (χ1v) is 9.43. The van der Waals surface area contributed by atoms with Crippen LogP contribution in [0.15, 0.2) is 60.8 Å². The summed E-state index contributed by atoms with van der Waals surface area (Å²) in [7, 11) is 0. The number of hydrogen-bond donors (Lipinski definition) is 1. The Balaban J connectivity index is 1.31. The van der Waals surface area contributed by atoms with Gasteiger partial charge >= 0.3 is 0 Å². The number of nitrogens with zero attached hydrogens (tertiary/aromatic N) is 3. The van der Waals surface area contributed by atoms with Crippen LogP contribution >= 0.6 is 11.6 Å². The molecule has 0 spiro atoms. The SMILES string of the molecule is O=C(c1ccc(Cl)cc1)N1CCN(Cc2ccc(-c3ccn[nH]3)cc2)CC1. The number of H-pyrrole nitrogens is 1. The Morgan fingerprint density at radius 2 is 1.67 bits per heavy atom. The van der Waals surface area contributed by atoms with Crippen molar-refractivity contribution in [3.8, 4) is 11.3 Å². The first-order chi connectivity index (χ1) is 13.2. The fourth-order valence-corrected chi connectivity index (χ4v) is 3.47. The molecule has 0 bridgehead atoms. The third-order valence-corrected chi connectivity index (χ3v) is 5.17. The maximum absolute atomic E-state index is 12.6. The summed E-state index contributed by atoms with van der Waals surface area (Å²) in [6.45, 7) is 4.14. The minimum absolute atomic E-state index is 0.0789. The van der Waals surface area contributed by atoms with Crippen LogP contribution in [0.1, 0.15) is 15.9 Å². The zero-order valence-corrected chi connectivity index (χ0v) is 15.7. The van der Waals surface area contributed by atoms with Gasteiger partial charge in [-0.25, -0.2) is 0 Å². The monoisotopic (exact) mass is 380 g/mol. The summed E-state index contributed by atoms with van der Waals surface area (Å²) in [6.07, 6.45) is 1.76. The molecule has 6 heteroatoms. The van der Waals surface area contributed by atoms with Gasteiger partial charge in [0, 0.05) is 49.5 Å². The zero-order valence-electron chi connectivity index (χ0n) is 14.9. The van der Waals surface area contributed by atoms with Crippen molar-refractivity contribution in [2.75, 3.05) is 26.2 Å². The molecule has 1 saturated heterocycles. The average molecular weight is 381 g/mol. The van der Waals surface area contributed by atoms with Gasteiger partial charge < -0.3 is 4.90 Å². The number of carbonyl (C=O) groups is 1. The second-order valence-corrected chi connectivity index (χ2v) is 7.18. The highest BCUT2D eigenvalue weighted by Gasteiger charge is 2.22. The molecule has 1 fully saturated rings. The minimum atomic E-state index is 0.0789. The highest BCUT2D eigenvalue weighted by atomic mass is 35.5. The fourth-order valence-electron chi connectivity index (χ4n) is 3.35. The molecule has 1 aliphatic rings. The molecule has 0 saturated carbocycles. The second-order valence-electron chi connectivity index (χ2n) is 6.74. The number of amides is 1. The molecule has 3 aromatic rings. The molecule has 1 aliphatic heterocycles. The summed E-state index contributed by atoms with van der Waals surface area (Å²) in [6, 6.07) is 17.6. The zero-order chi connectivity index (χ0) is 18.6. The maximum atomic E-state index is 12.6. The molecule has 1 amide bonds. The van der Waals surface area contributed by atoms with Crippen molar-refractivity contribution in [1.82, 2.24) is 20.0 Å². The van der Waals surface area contributed by atoms with Gasteiger partial charge in [-0.3, -0.25) is 14.8 Å². The van der Waals surface area contributed by atoms with E-state index in [1.807, 2.05) is 11.0 Å². The number of benzene rings is 2. The Bertz CT molecular complexity index is 883. The minimum Gasteiger partial charge on any atom is -0.336 e. The van der Waals surface area contributed by atoms with Crippen LogP contribution in [0.25, 0.3) is 11.3 Å². The summed E-state index contributed by atoms with van der Waals surface area (Å²) in [5.41, 5.74) is 4.13. The molecule has 1 aromatic heterocycles. The van der Waals surface area contributed by atoms with Crippen LogP contribution in [-0.2, 0) is 6.54 Å². The van der Waals surface area contributed by atoms with Gasteiger partial charge in [0.2, 0.25) is 0 Å². The number of rotatable bonds is 4. The van der Waals surface area contributed by atoms with E-state index in [0.29, 0.717) is 10.6 Å². The predicted molar refractivity (Wildman–Crippen MR) is 107 cm³/mol. The lowest BCUT2D eigenvalue weighted by atomic mass is 10.1. The number of hydrogen-bond acceptors (Lipinski definition) is 3. The number of halogens is 1. The summed E-state index contributed by atoms with van der Waals surface area (Å²) >= 11 is 5.90. The van der Waals surface area contributed by atoms with Crippen molar-refractivity contribution in [2.24, 2.45) is 0 Å². The van der Waals surface area contributed by atoms with Gasteiger partial charge in [-0.1, -0.05) is 35.9 Å². The van der Waals surface area contributed by atoms with Crippen molar-refractivity contribution in [3.63, 3.8) is 0 Å². The molecule has 5 nitrogen and oxygen atoms in total. The molecular formula is C21H21ClN4O. The normalized spacial score (nSPS) is 15.1. The van der Waals surface area contributed by atoms with Crippen molar-refractivity contribution >= 4 is 17.5 Å². The Morgan fingerprint density at radius 1 is 0.963 bits per heavy atom. The molecule has 138 valence electrons. The lowest BCUT2D eigenvalue weighted by Crippen LogP contribution is -2.48. The smallest absolute Gasteiger partial charge is 0.253 e. The summed E-state index contributed by atoms with van der Waals surface area (Å²) < 4.78 is 0. The van der Waals surface area contributed by atoms with Crippen molar-refractivity contribution in [3.05, 3.63) is 76.9 Å². The van der Waals surface area contributed by atoms with E-state index < -0.39 is 0 Å². The van der Waals surface area contributed by atoms with Crippen LogP contribution < -0.4 is 0 Å². The molecule has 4 rings (SSSR count). The van der Waals surface area contributed by atoms with Crippen LogP contribution in [0.3, 0.4) is 0 Å². The number of nitrogens with one attached hydrogen (secondary N) is 1. The molecule has 0 aliphatic carbocycles. The Kier molecular flexibility index (Phi) is 5.23. The largest absolute Gasteiger partial charge is 0.336 e. The van der Waals surface area contributed by atoms with Crippen molar-refractivity contribution < 1.29 is 4.79 Å². The fraction of sp³-hybridized carbons (Fsp3) is 0.238. The van der Waals surface area contributed by atoms with Crippen LogP contribution in [0.2, 0.25) is 5.02 Å². The lowest BCUT2D eigenvalue weighted by molar-refractivity contribution is 0.0628. The molecule has 1 N–H and O–H groups in total. The van der Waals surface area contributed by atoms with Crippen LogP contribution in [0, 0.1) is 0 Å². The molecule has 0 atom stereocenters. The highest BCUT2D eigenvalue weighted by Crippen LogP contribution is 2.18. The van der Waals surface area contributed by atoms with Gasteiger partial charge in [-0.15, -0.1) is 0 Å². The van der Waals surface area contributed by atoms with Gasteiger partial charge in [0.15, 0.2) is 0 Å². The van der Waals surface area contributed by atoms with E-state index in [1.165, 1.54) is 5.56 Å². The van der Waals surface area contributed by atoms with E-state index >= 15 is 0 Å². The van der Waals surface area contributed by atoms with Crippen LogP contribution in [0.4, 0.5) is 0 Å². The number of piperazine rings is 1. The highest BCUT2D eigenvalue weighted by molar-refractivity contribution is 6.30. The van der Waals surface area contributed by atoms with Gasteiger partial charge in [0.05, 0.1) is 5.69 Å². The summed E-state index contributed by atoms with van der Waals surface area (Å²) in [5.74, 6) is 0.0789. The first kappa shape index (κ1) is 17.8. The van der Waals surface area contributed by atoms with Gasteiger partial charge in [-0.05, 0) is 41.5 Å². The standard InChI is InChI=1S/C21H21ClN4O/c22-19-7-5-18(6-8-19)21(27)26-13-11-25(12-14-26)15-16-1-3-17(4-2-16)20-9-10-23-24-20/h1-10H,11-15H2,(H,23,24). The van der Waals surface area contributed by atoms with E-state index in [-0.39, 0.29) is 5.91 Å². The molecule has 2 heterocycles. The number of carbonyl (C=O) groups excluding carboxylic acids is 1.